The molecule has 0 radical (unpaired) electrons. The number of hydrogen-bond acceptors (Lipinski definition) is 5. The Kier molecular flexibility index (Phi) is 5.80. The van der Waals surface area contributed by atoms with Gasteiger partial charge in [0.1, 0.15) is 5.82 Å². The summed E-state index contributed by atoms with van der Waals surface area (Å²) in [6, 6.07) is 8.95. The van der Waals surface area contributed by atoms with E-state index in [-0.39, 0.29) is 11.6 Å². The van der Waals surface area contributed by atoms with Crippen LogP contribution in [0.15, 0.2) is 35.5 Å². The van der Waals surface area contributed by atoms with Crippen molar-refractivity contribution in [2.45, 2.75) is 57.3 Å². The summed E-state index contributed by atoms with van der Waals surface area (Å²) in [5.74, 6) is 1.17. The van der Waals surface area contributed by atoms with Gasteiger partial charge in [-0.15, -0.1) is 10.2 Å². The lowest BCUT2D eigenvalue weighted by Crippen LogP contribution is -2.22. The lowest BCUT2D eigenvalue weighted by Gasteiger charge is -2.17. The number of thioether (sulfide) groups is 1. The number of nitrogens with zero attached hydrogens (tertiary/aromatic N) is 5. The van der Waals surface area contributed by atoms with Crippen molar-refractivity contribution in [1.82, 2.24) is 19.3 Å². The Hall–Kier alpha value is -2.61. The average Bonchev–Trinajstić information content (AvgIpc) is 3.19. The molecule has 0 bridgehead atoms. The molecule has 1 saturated heterocycles. The summed E-state index contributed by atoms with van der Waals surface area (Å²) in [7, 11) is 0. The third-order valence-electron chi connectivity index (χ3n) is 6.41. The molecule has 2 aromatic heterocycles. The molecular formula is C24H28FN5OS. The van der Waals surface area contributed by atoms with E-state index in [0.29, 0.717) is 18.3 Å². The Bertz CT molecular complexity index is 1130. The van der Waals surface area contributed by atoms with Crippen molar-refractivity contribution in [2.24, 2.45) is 0 Å². The van der Waals surface area contributed by atoms with Crippen molar-refractivity contribution in [1.29, 1.82) is 0 Å². The number of carbonyl (C=O) groups is 1. The number of carbonyl (C=O) groups excluding carboxylic acids is 1. The van der Waals surface area contributed by atoms with Gasteiger partial charge < -0.3 is 9.47 Å². The number of halogens is 1. The maximum atomic E-state index is 13.2. The highest BCUT2D eigenvalue weighted by Gasteiger charge is 2.32. The predicted octanol–water partition coefficient (Wildman–Crippen LogP) is 4.79. The third kappa shape index (κ3) is 4.20. The molecule has 1 aliphatic heterocycles. The molecule has 2 fully saturated rings. The molecule has 0 atom stereocenters. The van der Waals surface area contributed by atoms with Crippen LogP contribution in [0.4, 0.5) is 10.3 Å². The van der Waals surface area contributed by atoms with Gasteiger partial charge in [0.15, 0.2) is 10.9 Å². The van der Waals surface area contributed by atoms with E-state index in [1.54, 1.807) is 12.1 Å². The summed E-state index contributed by atoms with van der Waals surface area (Å²) in [5, 5.41) is 9.77. The number of rotatable bonds is 8. The van der Waals surface area contributed by atoms with E-state index in [2.05, 4.69) is 24.2 Å². The fourth-order valence-corrected chi connectivity index (χ4v) is 5.34. The van der Waals surface area contributed by atoms with Crippen LogP contribution in [0.2, 0.25) is 0 Å². The van der Waals surface area contributed by atoms with E-state index in [1.807, 2.05) is 19.9 Å². The predicted molar refractivity (Wildman–Crippen MR) is 124 cm³/mol. The Labute approximate surface area is 191 Å². The lowest BCUT2D eigenvalue weighted by atomic mass is 10.2. The van der Waals surface area contributed by atoms with Crippen LogP contribution >= 0.6 is 11.8 Å². The van der Waals surface area contributed by atoms with Crippen molar-refractivity contribution in [3.8, 4) is 0 Å². The number of Topliss-reactive ketones (excluding diaryl/α,β-unsaturated/α-hetero) is 1. The van der Waals surface area contributed by atoms with Gasteiger partial charge in [0.25, 0.3) is 0 Å². The zero-order chi connectivity index (χ0) is 22.2. The molecule has 1 saturated carbocycles. The molecule has 0 N–H and O–H groups in total. The summed E-state index contributed by atoms with van der Waals surface area (Å²) in [6.45, 7) is 6.68. The molecular weight excluding hydrogens is 425 g/mol. The minimum atomic E-state index is -0.241. The topological polar surface area (TPSA) is 56.0 Å². The van der Waals surface area contributed by atoms with E-state index in [4.69, 9.17) is 0 Å². The number of benzene rings is 1. The minimum Gasteiger partial charge on any atom is -0.344 e. The molecule has 6 nitrogen and oxygen atoms in total. The smallest absolute Gasteiger partial charge is 0.228 e. The molecule has 32 heavy (non-hydrogen) atoms. The average molecular weight is 454 g/mol. The first-order valence-electron chi connectivity index (χ1n) is 11.3. The molecule has 8 heteroatoms. The summed E-state index contributed by atoms with van der Waals surface area (Å²) in [5.41, 5.74) is 3.72. The Morgan fingerprint density at radius 2 is 1.84 bits per heavy atom. The molecule has 2 aliphatic rings. The first kappa shape index (κ1) is 21.2. The fraction of sp³-hybridized carbons (Fsp3) is 0.458. The molecule has 3 heterocycles. The first-order chi connectivity index (χ1) is 15.5. The number of aryl methyl sites for hydroxylation is 1. The molecule has 168 valence electrons. The normalized spacial score (nSPS) is 16.2. The maximum Gasteiger partial charge on any atom is 0.228 e. The molecule has 0 spiro atoms. The van der Waals surface area contributed by atoms with Gasteiger partial charge in [-0.05, 0) is 63.3 Å². The Morgan fingerprint density at radius 3 is 2.53 bits per heavy atom. The second-order valence-electron chi connectivity index (χ2n) is 8.79. The van der Waals surface area contributed by atoms with Crippen LogP contribution in [0.3, 0.4) is 0 Å². The SMILES string of the molecule is Cc1cc(C(=O)CSc2nnc(N3CCCC3)n2C2CC2)c(C)n1Cc1ccc(F)cc1. The zero-order valence-electron chi connectivity index (χ0n) is 18.6. The Balaban J connectivity index is 1.30. The van der Waals surface area contributed by atoms with Gasteiger partial charge in [-0.25, -0.2) is 4.39 Å². The van der Waals surface area contributed by atoms with Crippen LogP contribution in [-0.4, -0.2) is 44.0 Å². The van der Waals surface area contributed by atoms with Crippen molar-refractivity contribution >= 4 is 23.5 Å². The number of hydrogen-bond donors (Lipinski definition) is 0. The molecule has 0 unspecified atom stereocenters. The van der Waals surface area contributed by atoms with Crippen molar-refractivity contribution in [3.05, 3.63) is 58.7 Å². The van der Waals surface area contributed by atoms with Gasteiger partial charge in [0.2, 0.25) is 5.95 Å². The monoisotopic (exact) mass is 453 g/mol. The van der Waals surface area contributed by atoms with Gasteiger partial charge in [-0.3, -0.25) is 9.36 Å². The van der Waals surface area contributed by atoms with E-state index in [0.717, 1.165) is 59.6 Å². The van der Waals surface area contributed by atoms with E-state index >= 15 is 0 Å². The van der Waals surface area contributed by atoms with E-state index in [1.165, 1.54) is 36.7 Å². The largest absolute Gasteiger partial charge is 0.344 e. The quantitative estimate of drug-likeness (QED) is 0.362. The highest BCUT2D eigenvalue weighted by atomic mass is 32.2. The third-order valence-corrected chi connectivity index (χ3v) is 7.35. The number of anilines is 1. The van der Waals surface area contributed by atoms with Gasteiger partial charge in [0.05, 0.1) is 5.75 Å². The molecule has 5 rings (SSSR count). The maximum absolute atomic E-state index is 13.2. The van der Waals surface area contributed by atoms with Crippen molar-refractivity contribution < 1.29 is 9.18 Å². The van der Waals surface area contributed by atoms with Gasteiger partial charge in [-0.1, -0.05) is 23.9 Å². The van der Waals surface area contributed by atoms with E-state index < -0.39 is 0 Å². The molecule has 1 aliphatic carbocycles. The van der Waals surface area contributed by atoms with Crippen LogP contribution in [0.5, 0.6) is 0 Å². The molecule has 3 aromatic rings. The fourth-order valence-electron chi connectivity index (χ4n) is 4.46. The standard InChI is InChI=1S/C24H28FN5OS/c1-16-13-21(17(2)29(16)14-18-5-7-19(25)8-6-18)22(31)15-32-24-27-26-23(28-11-3-4-12-28)30(24)20-9-10-20/h5-8,13,20H,3-4,9-12,14-15H2,1-2H3. The summed E-state index contributed by atoms with van der Waals surface area (Å²) < 4.78 is 17.6. The summed E-state index contributed by atoms with van der Waals surface area (Å²) >= 11 is 1.49. The lowest BCUT2D eigenvalue weighted by molar-refractivity contribution is 0.102. The van der Waals surface area contributed by atoms with Crippen LogP contribution in [0, 0.1) is 19.7 Å². The van der Waals surface area contributed by atoms with Gasteiger partial charge in [-0.2, -0.15) is 0 Å². The van der Waals surface area contributed by atoms with E-state index in [9.17, 15) is 9.18 Å². The minimum absolute atomic E-state index is 0.0986. The summed E-state index contributed by atoms with van der Waals surface area (Å²) in [4.78, 5) is 15.4. The number of ketones is 1. The highest BCUT2D eigenvalue weighted by molar-refractivity contribution is 7.99. The second-order valence-corrected chi connectivity index (χ2v) is 9.73. The van der Waals surface area contributed by atoms with Crippen LogP contribution in [0.25, 0.3) is 0 Å². The summed E-state index contributed by atoms with van der Waals surface area (Å²) in [6.07, 6.45) is 4.72. The van der Waals surface area contributed by atoms with Crippen LogP contribution in [0.1, 0.15) is 59.0 Å². The van der Waals surface area contributed by atoms with Gasteiger partial charge >= 0.3 is 0 Å². The first-order valence-corrected chi connectivity index (χ1v) is 12.3. The number of aromatic nitrogens is 4. The zero-order valence-corrected chi connectivity index (χ0v) is 19.4. The van der Waals surface area contributed by atoms with Crippen molar-refractivity contribution in [2.75, 3.05) is 23.7 Å². The molecule has 1 aromatic carbocycles. The van der Waals surface area contributed by atoms with Crippen LogP contribution < -0.4 is 4.90 Å². The van der Waals surface area contributed by atoms with Gasteiger partial charge in [0, 0.05) is 42.6 Å². The van der Waals surface area contributed by atoms with Crippen LogP contribution in [-0.2, 0) is 6.54 Å². The highest BCUT2D eigenvalue weighted by Crippen LogP contribution is 2.41. The second kappa shape index (κ2) is 8.73. The van der Waals surface area contributed by atoms with Crippen molar-refractivity contribution in [3.63, 3.8) is 0 Å². The molecule has 0 amide bonds. The Morgan fingerprint density at radius 1 is 1.12 bits per heavy atom.